The Bertz CT molecular complexity index is 607. The fourth-order valence-electron chi connectivity index (χ4n) is 1.48. The van der Waals surface area contributed by atoms with Gasteiger partial charge in [0, 0.05) is 0 Å². The first-order chi connectivity index (χ1) is 8.70. The summed E-state index contributed by atoms with van der Waals surface area (Å²) in [5.74, 6) is 0.219. The van der Waals surface area contributed by atoms with Crippen LogP contribution in [0.1, 0.15) is 11.1 Å². The monoisotopic (exact) mass is 305 g/mol. The van der Waals surface area contributed by atoms with E-state index in [1.165, 1.54) is 6.07 Å². The molecule has 0 saturated carbocycles. The van der Waals surface area contributed by atoms with E-state index in [1.807, 2.05) is 0 Å². The first-order valence-corrected chi connectivity index (χ1v) is 6.06. The second kappa shape index (κ2) is 5.65. The maximum absolute atomic E-state index is 13.0. The summed E-state index contributed by atoms with van der Waals surface area (Å²) in [6.07, 6.45) is 0. The number of halogens is 2. The summed E-state index contributed by atoms with van der Waals surface area (Å²) in [6, 6.07) is 13.7. The Morgan fingerprint density at radius 3 is 2.72 bits per heavy atom. The van der Waals surface area contributed by atoms with Gasteiger partial charge in [0.15, 0.2) is 0 Å². The van der Waals surface area contributed by atoms with E-state index >= 15 is 0 Å². The minimum Gasteiger partial charge on any atom is -0.488 e. The smallest absolute Gasteiger partial charge is 0.137 e. The lowest BCUT2D eigenvalue weighted by Crippen LogP contribution is -1.97. The zero-order valence-electron chi connectivity index (χ0n) is 9.36. The molecule has 0 aliphatic heterocycles. The molecule has 0 unspecified atom stereocenters. The Labute approximate surface area is 113 Å². The van der Waals surface area contributed by atoms with Crippen LogP contribution in [0.2, 0.25) is 0 Å². The third-order valence-electron chi connectivity index (χ3n) is 2.39. The molecule has 0 bridgehead atoms. The van der Waals surface area contributed by atoms with Gasteiger partial charge in [-0.05, 0) is 45.8 Å². The SMILES string of the molecule is N#Cc1ccccc1OCc1ccc(F)c(Br)c1. The van der Waals surface area contributed by atoms with Crippen molar-refractivity contribution in [3.63, 3.8) is 0 Å². The molecule has 0 aliphatic rings. The van der Waals surface area contributed by atoms with Gasteiger partial charge in [-0.1, -0.05) is 18.2 Å². The highest BCUT2D eigenvalue weighted by molar-refractivity contribution is 9.10. The lowest BCUT2D eigenvalue weighted by molar-refractivity contribution is 0.305. The van der Waals surface area contributed by atoms with Gasteiger partial charge in [-0.3, -0.25) is 0 Å². The number of para-hydroxylation sites is 1. The van der Waals surface area contributed by atoms with Crippen molar-refractivity contribution in [3.05, 3.63) is 63.9 Å². The van der Waals surface area contributed by atoms with E-state index in [0.717, 1.165) is 5.56 Å². The fourth-order valence-corrected chi connectivity index (χ4v) is 1.90. The number of ether oxygens (including phenoxy) is 1. The molecule has 0 saturated heterocycles. The quantitative estimate of drug-likeness (QED) is 0.857. The van der Waals surface area contributed by atoms with Crippen LogP contribution in [0.5, 0.6) is 5.75 Å². The van der Waals surface area contributed by atoms with Crippen LogP contribution in [0.25, 0.3) is 0 Å². The van der Waals surface area contributed by atoms with Crippen molar-refractivity contribution in [2.45, 2.75) is 6.61 Å². The molecule has 0 amide bonds. The van der Waals surface area contributed by atoms with Gasteiger partial charge in [0.1, 0.15) is 24.2 Å². The molecular formula is C14H9BrFNO. The predicted molar refractivity (Wildman–Crippen MR) is 69.6 cm³/mol. The maximum Gasteiger partial charge on any atom is 0.137 e. The third kappa shape index (κ3) is 2.88. The predicted octanol–water partition coefficient (Wildman–Crippen LogP) is 4.04. The second-order valence-corrected chi connectivity index (χ2v) is 4.50. The molecule has 0 spiro atoms. The van der Waals surface area contributed by atoms with E-state index in [4.69, 9.17) is 10.00 Å². The largest absolute Gasteiger partial charge is 0.488 e. The summed E-state index contributed by atoms with van der Waals surface area (Å²) >= 11 is 3.12. The van der Waals surface area contributed by atoms with Gasteiger partial charge in [-0.15, -0.1) is 0 Å². The molecule has 2 aromatic rings. The molecule has 18 heavy (non-hydrogen) atoms. The second-order valence-electron chi connectivity index (χ2n) is 3.65. The van der Waals surface area contributed by atoms with Crippen LogP contribution < -0.4 is 4.74 Å². The highest BCUT2D eigenvalue weighted by Crippen LogP contribution is 2.20. The number of benzene rings is 2. The number of hydrogen-bond acceptors (Lipinski definition) is 2. The maximum atomic E-state index is 13.0. The van der Waals surface area contributed by atoms with E-state index in [1.54, 1.807) is 36.4 Å². The van der Waals surface area contributed by atoms with E-state index < -0.39 is 0 Å². The van der Waals surface area contributed by atoms with Crippen molar-refractivity contribution in [2.75, 3.05) is 0 Å². The zero-order valence-corrected chi connectivity index (χ0v) is 10.9. The molecule has 0 aliphatic carbocycles. The first kappa shape index (κ1) is 12.6. The van der Waals surface area contributed by atoms with Gasteiger partial charge < -0.3 is 4.74 Å². The van der Waals surface area contributed by atoms with Crippen LogP contribution in [0, 0.1) is 17.1 Å². The van der Waals surface area contributed by atoms with E-state index in [-0.39, 0.29) is 12.4 Å². The van der Waals surface area contributed by atoms with Crippen molar-refractivity contribution < 1.29 is 9.13 Å². The average molecular weight is 306 g/mol. The average Bonchev–Trinajstić information content (AvgIpc) is 2.40. The molecule has 90 valence electrons. The van der Waals surface area contributed by atoms with E-state index in [9.17, 15) is 4.39 Å². The first-order valence-electron chi connectivity index (χ1n) is 5.26. The van der Waals surface area contributed by atoms with Crippen LogP contribution >= 0.6 is 15.9 Å². The number of rotatable bonds is 3. The van der Waals surface area contributed by atoms with Gasteiger partial charge in [-0.2, -0.15) is 5.26 Å². The molecule has 4 heteroatoms. The standard InChI is InChI=1S/C14H9BrFNO/c15-12-7-10(5-6-13(12)16)9-18-14-4-2-1-3-11(14)8-17/h1-7H,9H2. The molecule has 2 nitrogen and oxygen atoms in total. The van der Waals surface area contributed by atoms with Gasteiger partial charge in [0.25, 0.3) is 0 Å². The Morgan fingerprint density at radius 2 is 2.00 bits per heavy atom. The van der Waals surface area contributed by atoms with Crippen LogP contribution in [0.4, 0.5) is 4.39 Å². The number of nitrogens with zero attached hydrogens (tertiary/aromatic N) is 1. The molecule has 0 atom stereocenters. The summed E-state index contributed by atoms with van der Waals surface area (Å²) in [4.78, 5) is 0. The summed E-state index contributed by atoms with van der Waals surface area (Å²) in [6.45, 7) is 0.289. The summed E-state index contributed by atoms with van der Waals surface area (Å²) in [5, 5.41) is 8.91. The highest BCUT2D eigenvalue weighted by Gasteiger charge is 2.04. The summed E-state index contributed by atoms with van der Waals surface area (Å²) < 4.78 is 19.0. The van der Waals surface area contributed by atoms with Crippen molar-refractivity contribution >= 4 is 15.9 Å². The molecule has 0 radical (unpaired) electrons. The van der Waals surface area contributed by atoms with Crippen molar-refractivity contribution in [2.24, 2.45) is 0 Å². The normalized spacial score (nSPS) is 9.83. The molecule has 2 aromatic carbocycles. The highest BCUT2D eigenvalue weighted by atomic mass is 79.9. The van der Waals surface area contributed by atoms with Crippen molar-refractivity contribution in [1.82, 2.24) is 0 Å². The summed E-state index contributed by atoms with van der Waals surface area (Å²) in [7, 11) is 0. The topological polar surface area (TPSA) is 33.0 Å². The Hall–Kier alpha value is -1.86. The van der Waals surface area contributed by atoms with Crippen molar-refractivity contribution in [3.8, 4) is 11.8 Å². The fraction of sp³-hybridized carbons (Fsp3) is 0.0714. The van der Waals surface area contributed by atoms with Crippen LogP contribution in [-0.2, 0) is 6.61 Å². The molecular weight excluding hydrogens is 297 g/mol. The lowest BCUT2D eigenvalue weighted by atomic mass is 10.2. The van der Waals surface area contributed by atoms with E-state index in [0.29, 0.717) is 15.8 Å². The summed E-state index contributed by atoms with van der Waals surface area (Å²) in [5.41, 5.74) is 1.31. The lowest BCUT2D eigenvalue weighted by Gasteiger charge is -2.08. The Balaban J connectivity index is 2.12. The minimum atomic E-state index is -0.309. The molecule has 0 aromatic heterocycles. The van der Waals surface area contributed by atoms with Crippen LogP contribution in [0.3, 0.4) is 0 Å². The van der Waals surface area contributed by atoms with Gasteiger partial charge in [0.05, 0.1) is 10.0 Å². The Kier molecular flexibility index (Phi) is 3.96. The zero-order chi connectivity index (χ0) is 13.0. The van der Waals surface area contributed by atoms with Gasteiger partial charge in [0.2, 0.25) is 0 Å². The molecule has 0 N–H and O–H groups in total. The van der Waals surface area contributed by atoms with Crippen LogP contribution in [0.15, 0.2) is 46.9 Å². The molecule has 0 heterocycles. The number of hydrogen-bond donors (Lipinski definition) is 0. The molecule has 2 rings (SSSR count). The van der Waals surface area contributed by atoms with Gasteiger partial charge >= 0.3 is 0 Å². The third-order valence-corrected chi connectivity index (χ3v) is 2.99. The van der Waals surface area contributed by atoms with E-state index in [2.05, 4.69) is 22.0 Å². The van der Waals surface area contributed by atoms with Crippen molar-refractivity contribution in [1.29, 1.82) is 5.26 Å². The van der Waals surface area contributed by atoms with Crippen LogP contribution in [-0.4, -0.2) is 0 Å². The van der Waals surface area contributed by atoms with Gasteiger partial charge in [-0.25, -0.2) is 4.39 Å². The minimum absolute atomic E-state index is 0.289. The molecule has 0 fully saturated rings. The number of nitriles is 1. The Morgan fingerprint density at radius 1 is 1.22 bits per heavy atom.